The summed E-state index contributed by atoms with van der Waals surface area (Å²) in [6, 6.07) is 4.93. The number of ether oxygens (including phenoxy) is 3. The van der Waals surface area contributed by atoms with Crippen LogP contribution in [0.3, 0.4) is 0 Å². The third kappa shape index (κ3) is 3.45. The maximum Gasteiger partial charge on any atom is 0.207 e. The number of aryl methyl sites for hydroxylation is 1. The molecule has 9 heteroatoms. The number of hydrogen-bond acceptors (Lipinski definition) is 7. The summed E-state index contributed by atoms with van der Waals surface area (Å²) in [5.41, 5.74) is 4.77. The van der Waals surface area contributed by atoms with Gasteiger partial charge in [-0.1, -0.05) is 6.07 Å². The van der Waals surface area contributed by atoms with Crippen LogP contribution in [0.25, 0.3) is 22.5 Å². The first-order valence-electron chi connectivity index (χ1n) is 10.9. The summed E-state index contributed by atoms with van der Waals surface area (Å²) in [4.78, 5) is 5.16. The van der Waals surface area contributed by atoms with Gasteiger partial charge in [-0.05, 0) is 72.6 Å². The Morgan fingerprint density at radius 3 is 2.75 bits per heavy atom. The second-order valence-electron chi connectivity index (χ2n) is 8.31. The topological polar surface area (TPSA) is 95.0 Å². The molecule has 1 saturated heterocycles. The van der Waals surface area contributed by atoms with E-state index in [-0.39, 0.29) is 5.75 Å². The van der Waals surface area contributed by atoms with Crippen molar-refractivity contribution in [2.45, 2.75) is 44.1 Å². The van der Waals surface area contributed by atoms with Gasteiger partial charge in [-0.3, -0.25) is 4.98 Å². The minimum atomic E-state index is -0.698. The number of halogens is 1. The number of aromatic nitrogens is 5. The van der Waals surface area contributed by atoms with E-state index in [1.54, 1.807) is 19.2 Å². The Hall–Kier alpha value is -2.91. The number of aromatic amines is 1. The minimum absolute atomic E-state index is 0.188. The number of benzene rings is 1. The van der Waals surface area contributed by atoms with E-state index < -0.39 is 11.4 Å². The fourth-order valence-electron chi connectivity index (χ4n) is 4.99. The monoisotopic (exact) mass is 439 g/mol. The van der Waals surface area contributed by atoms with E-state index in [2.05, 4.69) is 20.6 Å². The molecule has 168 valence electrons. The summed E-state index contributed by atoms with van der Waals surface area (Å²) in [6.45, 7) is 1.00. The van der Waals surface area contributed by atoms with E-state index in [1.165, 1.54) is 13.2 Å². The van der Waals surface area contributed by atoms with E-state index >= 15 is 0 Å². The highest BCUT2D eigenvalue weighted by Gasteiger charge is 2.43. The van der Waals surface area contributed by atoms with Gasteiger partial charge in [-0.25, -0.2) is 4.39 Å². The first-order chi connectivity index (χ1) is 15.7. The van der Waals surface area contributed by atoms with Gasteiger partial charge in [0.05, 0.1) is 25.0 Å². The number of nitrogens with one attached hydrogen (secondary N) is 1. The summed E-state index contributed by atoms with van der Waals surface area (Å²) in [5, 5.41) is 15.0. The Bertz CT molecular complexity index is 1110. The number of hydrogen-bond donors (Lipinski definition) is 1. The second-order valence-corrected chi connectivity index (χ2v) is 8.31. The summed E-state index contributed by atoms with van der Waals surface area (Å²) < 4.78 is 31.4. The summed E-state index contributed by atoms with van der Waals surface area (Å²) in [6.07, 6.45) is 5.58. The molecule has 1 aliphatic carbocycles. The van der Waals surface area contributed by atoms with Crippen molar-refractivity contribution in [1.82, 2.24) is 25.6 Å². The van der Waals surface area contributed by atoms with Gasteiger partial charge < -0.3 is 14.2 Å². The molecular formula is C23H26FN5O3. The molecule has 1 aromatic carbocycles. The molecule has 0 spiro atoms. The zero-order chi connectivity index (χ0) is 22.1. The van der Waals surface area contributed by atoms with Crippen LogP contribution in [0.2, 0.25) is 0 Å². The van der Waals surface area contributed by atoms with E-state index in [0.717, 1.165) is 72.2 Å². The minimum Gasteiger partial charge on any atom is -0.494 e. The number of H-pyrrole nitrogens is 1. The Labute approximate surface area is 185 Å². The predicted octanol–water partition coefficient (Wildman–Crippen LogP) is 3.61. The first-order valence-corrected chi connectivity index (χ1v) is 10.9. The van der Waals surface area contributed by atoms with Crippen LogP contribution in [0, 0.1) is 5.82 Å². The van der Waals surface area contributed by atoms with Crippen molar-refractivity contribution in [3.05, 3.63) is 41.0 Å². The quantitative estimate of drug-likeness (QED) is 0.627. The fraction of sp³-hybridized carbons (Fsp3) is 0.478. The molecule has 8 nitrogen and oxygen atoms in total. The van der Waals surface area contributed by atoms with Crippen LogP contribution in [0.5, 0.6) is 5.75 Å². The molecule has 3 aromatic rings. The summed E-state index contributed by atoms with van der Waals surface area (Å²) >= 11 is 0. The smallest absolute Gasteiger partial charge is 0.207 e. The van der Waals surface area contributed by atoms with Crippen molar-refractivity contribution >= 4 is 0 Å². The van der Waals surface area contributed by atoms with Crippen LogP contribution < -0.4 is 4.74 Å². The van der Waals surface area contributed by atoms with Crippen molar-refractivity contribution in [1.29, 1.82) is 0 Å². The Balaban J connectivity index is 1.86. The molecule has 2 aromatic heterocycles. The summed E-state index contributed by atoms with van der Waals surface area (Å²) in [7, 11) is 3.14. The molecule has 1 fully saturated rings. The van der Waals surface area contributed by atoms with E-state index in [9.17, 15) is 4.39 Å². The molecule has 2 aliphatic rings. The molecule has 5 rings (SSSR count). The lowest BCUT2D eigenvalue weighted by Gasteiger charge is -2.32. The van der Waals surface area contributed by atoms with Gasteiger partial charge in [-0.2, -0.15) is 5.21 Å². The van der Waals surface area contributed by atoms with E-state index in [4.69, 9.17) is 19.2 Å². The molecular weight excluding hydrogens is 413 g/mol. The zero-order valence-corrected chi connectivity index (χ0v) is 18.3. The van der Waals surface area contributed by atoms with Crippen LogP contribution in [0.1, 0.15) is 42.6 Å². The lowest BCUT2D eigenvalue weighted by Crippen LogP contribution is -2.33. The third-order valence-corrected chi connectivity index (χ3v) is 6.40. The van der Waals surface area contributed by atoms with Crippen molar-refractivity contribution < 1.29 is 18.6 Å². The first kappa shape index (κ1) is 21.0. The molecule has 32 heavy (non-hydrogen) atoms. The highest BCUT2D eigenvalue weighted by atomic mass is 19.1. The normalized spacial score (nSPS) is 20.3. The number of tetrazole rings is 1. The van der Waals surface area contributed by atoms with Crippen LogP contribution in [0.15, 0.2) is 18.2 Å². The fourth-order valence-corrected chi connectivity index (χ4v) is 4.99. The van der Waals surface area contributed by atoms with Gasteiger partial charge in [0.15, 0.2) is 11.6 Å². The molecule has 0 radical (unpaired) electrons. The average Bonchev–Trinajstić information content (AvgIpc) is 3.52. The molecule has 0 amide bonds. The van der Waals surface area contributed by atoms with Crippen molar-refractivity contribution in [3.8, 4) is 28.3 Å². The number of rotatable bonds is 6. The number of methoxy groups -OCH3 is 2. The molecule has 0 unspecified atom stereocenters. The maximum atomic E-state index is 14.3. The lowest BCUT2D eigenvalue weighted by molar-refractivity contribution is -0.0586. The summed E-state index contributed by atoms with van der Waals surface area (Å²) in [5.74, 6) is 0.217. The van der Waals surface area contributed by atoms with Crippen LogP contribution in [-0.4, -0.2) is 53.0 Å². The van der Waals surface area contributed by atoms with Crippen molar-refractivity contribution in [3.63, 3.8) is 0 Å². The van der Waals surface area contributed by atoms with Gasteiger partial charge in [0.25, 0.3) is 0 Å². The van der Waals surface area contributed by atoms with Gasteiger partial charge in [0.2, 0.25) is 5.82 Å². The molecule has 1 atom stereocenters. The van der Waals surface area contributed by atoms with Gasteiger partial charge >= 0.3 is 0 Å². The predicted molar refractivity (Wildman–Crippen MR) is 115 cm³/mol. The maximum absolute atomic E-state index is 14.3. The molecule has 0 saturated carbocycles. The van der Waals surface area contributed by atoms with Crippen molar-refractivity contribution in [2.24, 2.45) is 0 Å². The molecule has 3 heterocycles. The standard InChI is InChI=1S/C23H26FN5O3/c1-30-13-23(10-5-11-32-23)21-20(22-26-28-29-27-22)19(15-6-3-4-7-17(15)25-21)14-8-9-16(24)18(12-14)31-2/h8-9,12H,3-7,10-11,13H2,1-2H3,(H,26,27,28,29)/t23-/m1/s1. The zero-order valence-electron chi connectivity index (χ0n) is 18.3. The SMILES string of the molecule is COC[C@@]1(c2nc3c(c(-c4ccc(F)c(OC)c4)c2-c2nn[nH]n2)CCCC3)CCCO1. The van der Waals surface area contributed by atoms with Crippen LogP contribution in [0.4, 0.5) is 4.39 Å². The highest BCUT2D eigenvalue weighted by molar-refractivity contribution is 5.86. The Morgan fingerprint density at radius 1 is 1.16 bits per heavy atom. The Kier molecular flexibility index (Phi) is 5.60. The lowest BCUT2D eigenvalue weighted by atomic mass is 9.81. The van der Waals surface area contributed by atoms with Gasteiger partial charge in [0.1, 0.15) is 5.60 Å². The number of pyridine rings is 1. The Morgan fingerprint density at radius 2 is 2.03 bits per heavy atom. The number of fused-ring (bicyclic) bond motifs is 1. The van der Waals surface area contributed by atoms with E-state index in [0.29, 0.717) is 19.0 Å². The van der Waals surface area contributed by atoms with Crippen LogP contribution >= 0.6 is 0 Å². The van der Waals surface area contributed by atoms with Crippen molar-refractivity contribution in [2.75, 3.05) is 27.4 Å². The van der Waals surface area contributed by atoms with E-state index in [1.807, 2.05) is 0 Å². The van der Waals surface area contributed by atoms with Gasteiger partial charge in [-0.15, -0.1) is 10.2 Å². The van der Waals surface area contributed by atoms with Crippen LogP contribution in [-0.2, 0) is 27.9 Å². The second kappa shape index (κ2) is 8.55. The largest absolute Gasteiger partial charge is 0.494 e. The average molecular weight is 439 g/mol. The molecule has 1 aliphatic heterocycles. The number of nitrogens with zero attached hydrogens (tertiary/aromatic N) is 4. The highest BCUT2D eigenvalue weighted by Crippen LogP contribution is 2.47. The van der Waals surface area contributed by atoms with Gasteiger partial charge in [0, 0.05) is 19.4 Å². The third-order valence-electron chi connectivity index (χ3n) is 6.40. The molecule has 0 bridgehead atoms. The molecule has 1 N–H and O–H groups in total.